The second-order valence-corrected chi connectivity index (χ2v) is 6.12. The fraction of sp³-hybridized carbons (Fsp3) is 0.562. The van der Waals surface area contributed by atoms with E-state index < -0.39 is 5.41 Å². The first-order chi connectivity index (χ1) is 10.00. The third kappa shape index (κ3) is 4.03. The van der Waals surface area contributed by atoms with E-state index in [2.05, 4.69) is 15.6 Å². The monoisotopic (exact) mass is 289 g/mol. The Balaban J connectivity index is 1.88. The third-order valence-electron chi connectivity index (χ3n) is 4.00. The van der Waals surface area contributed by atoms with Crippen LogP contribution in [0.3, 0.4) is 0 Å². The van der Waals surface area contributed by atoms with Gasteiger partial charge in [0, 0.05) is 25.0 Å². The highest BCUT2D eigenvalue weighted by atomic mass is 16.2. The van der Waals surface area contributed by atoms with E-state index in [0.717, 1.165) is 31.2 Å². The summed E-state index contributed by atoms with van der Waals surface area (Å²) in [5.74, 6) is -0.458. The Kier molecular flexibility index (Phi) is 4.94. The number of hydrogen-bond acceptors (Lipinski definition) is 3. The molecule has 0 spiro atoms. The first-order valence-corrected chi connectivity index (χ1v) is 7.48. The lowest BCUT2D eigenvalue weighted by molar-refractivity contribution is -0.141. The number of carbonyl (C=O) groups excluding carboxylic acids is 2. The van der Waals surface area contributed by atoms with E-state index in [4.69, 9.17) is 0 Å². The van der Waals surface area contributed by atoms with Crippen molar-refractivity contribution in [3.05, 3.63) is 30.1 Å². The summed E-state index contributed by atoms with van der Waals surface area (Å²) in [6.07, 6.45) is 7.71. The average molecular weight is 289 g/mol. The van der Waals surface area contributed by atoms with E-state index in [1.807, 2.05) is 12.1 Å². The van der Waals surface area contributed by atoms with Crippen molar-refractivity contribution in [2.24, 2.45) is 5.41 Å². The summed E-state index contributed by atoms with van der Waals surface area (Å²) in [5, 5.41) is 5.79. The number of aromatic nitrogens is 1. The predicted octanol–water partition coefficient (Wildman–Crippen LogP) is 1.78. The molecule has 114 valence electrons. The summed E-state index contributed by atoms with van der Waals surface area (Å²) in [5.41, 5.74) is -0.150. The molecular weight excluding hydrogens is 266 g/mol. The van der Waals surface area contributed by atoms with Gasteiger partial charge in [0.15, 0.2) is 0 Å². The molecule has 1 aliphatic carbocycles. The molecule has 5 nitrogen and oxygen atoms in total. The minimum Gasteiger partial charge on any atom is -0.352 e. The molecule has 1 aromatic rings. The Morgan fingerprint density at radius 2 is 2.00 bits per heavy atom. The molecule has 1 aromatic heterocycles. The third-order valence-corrected chi connectivity index (χ3v) is 4.00. The largest absolute Gasteiger partial charge is 0.352 e. The summed E-state index contributed by atoms with van der Waals surface area (Å²) in [6, 6.07) is 3.93. The molecule has 21 heavy (non-hydrogen) atoms. The minimum atomic E-state index is -1.06. The van der Waals surface area contributed by atoms with Crippen LogP contribution in [0.2, 0.25) is 0 Å². The topological polar surface area (TPSA) is 71.1 Å². The molecule has 0 saturated heterocycles. The minimum absolute atomic E-state index is 0.196. The maximum atomic E-state index is 12.3. The lowest BCUT2D eigenvalue weighted by atomic mass is 9.90. The van der Waals surface area contributed by atoms with E-state index in [9.17, 15) is 9.59 Å². The molecule has 0 atom stereocenters. The summed E-state index contributed by atoms with van der Waals surface area (Å²) < 4.78 is 0. The van der Waals surface area contributed by atoms with Crippen LogP contribution >= 0.6 is 0 Å². The SMILES string of the molecule is CC(C)(C(=O)NCc1cccnc1)C(=O)NC1CCCC1. The van der Waals surface area contributed by atoms with Crippen LogP contribution < -0.4 is 10.6 Å². The molecule has 0 bridgehead atoms. The van der Waals surface area contributed by atoms with Crippen LogP contribution in [0.1, 0.15) is 45.1 Å². The standard InChI is InChI=1S/C16H23N3O2/c1-16(2,15(21)19-13-7-3-4-8-13)14(20)18-11-12-6-5-9-17-10-12/h5-6,9-10,13H,3-4,7-8,11H2,1-2H3,(H,18,20)(H,19,21). The van der Waals surface area contributed by atoms with Crippen LogP contribution in [0, 0.1) is 5.41 Å². The van der Waals surface area contributed by atoms with Crippen LogP contribution in [0.4, 0.5) is 0 Å². The van der Waals surface area contributed by atoms with Gasteiger partial charge >= 0.3 is 0 Å². The lowest BCUT2D eigenvalue weighted by Gasteiger charge is -2.25. The Labute approximate surface area is 125 Å². The second kappa shape index (κ2) is 6.70. The highest BCUT2D eigenvalue weighted by Gasteiger charge is 2.37. The van der Waals surface area contributed by atoms with Gasteiger partial charge in [-0.05, 0) is 38.3 Å². The maximum absolute atomic E-state index is 12.3. The van der Waals surface area contributed by atoms with E-state index in [-0.39, 0.29) is 17.9 Å². The molecule has 2 rings (SSSR count). The van der Waals surface area contributed by atoms with E-state index in [1.54, 1.807) is 26.2 Å². The molecule has 0 aromatic carbocycles. The first kappa shape index (κ1) is 15.5. The van der Waals surface area contributed by atoms with Crippen LogP contribution in [0.5, 0.6) is 0 Å². The molecule has 1 saturated carbocycles. The highest BCUT2D eigenvalue weighted by Crippen LogP contribution is 2.21. The lowest BCUT2D eigenvalue weighted by Crippen LogP contribution is -2.49. The van der Waals surface area contributed by atoms with Gasteiger partial charge in [-0.1, -0.05) is 18.9 Å². The number of hydrogen-bond donors (Lipinski definition) is 2. The van der Waals surface area contributed by atoms with Gasteiger partial charge in [-0.3, -0.25) is 14.6 Å². The van der Waals surface area contributed by atoms with Crippen molar-refractivity contribution in [1.82, 2.24) is 15.6 Å². The molecule has 1 heterocycles. The molecule has 0 radical (unpaired) electrons. The van der Waals surface area contributed by atoms with Crippen LogP contribution in [-0.2, 0) is 16.1 Å². The van der Waals surface area contributed by atoms with Gasteiger partial charge in [0.2, 0.25) is 11.8 Å². The molecular formula is C16H23N3O2. The average Bonchev–Trinajstić information content (AvgIpc) is 2.98. The Morgan fingerprint density at radius 3 is 2.62 bits per heavy atom. The summed E-state index contributed by atoms with van der Waals surface area (Å²) >= 11 is 0. The fourth-order valence-corrected chi connectivity index (χ4v) is 2.45. The number of carbonyl (C=O) groups is 2. The molecule has 1 fully saturated rings. The van der Waals surface area contributed by atoms with Crippen molar-refractivity contribution >= 4 is 11.8 Å². The van der Waals surface area contributed by atoms with Crippen LogP contribution in [0.25, 0.3) is 0 Å². The Morgan fingerprint density at radius 1 is 1.29 bits per heavy atom. The second-order valence-electron chi connectivity index (χ2n) is 6.12. The number of nitrogens with one attached hydrogen (secondary N) is 2. The van der Waals surface area contributed by atoms with Gasteiger partial charge < -0.3 is 10.6 Å². The van der Waals surface area contributed by atoms with E-state index in [0.29, 0.717) is 6.54 Å². The predicted molar refractivity (Wildman–Crippen MR) is 80.3 cm³/mol. The van der Waals surface area contributed by atoms with Crippen LogP contribution in [-0.4, -0.2) is 22.8 Å². The smallest absolute Gasteiger partial charge is 0.235 e. The van der Waals surface area contributed by atoms with Gasteiger partial charge in [0.05, 0.1) is 0 Å². The van der Waals surface area contributed by atoms with Crippen molar-refractivity contribution in [1.29, 1.82) is 0 Å². The van der Waals surface area contributed by atoms with Gasteiger partial charge in [0.1, 0.15) is 5.41 Å². The number of pyridine rings is 1. The maximum Gasteiger partial charge on any atom is 0.235 e. The summed E-state index contributed by atoms with van der Waals surface area (Å²) in [6.45, 7) is 3.71. The fourth-order valence-electron chi connectivity index (χ4n) is 2.45. The molecule has 1 aliphatic rings. The zero-order valence-corrected chi connectivity index (χ0v) is 12.7. The van der Waals surface area contributed by atoms with Crippen molar-refractivity contribution in [3.63, 3.8) is 0 Å². The van der Waals surface area contributed by atoms with Gasteiger partial charge in [-0.15, -0.1) is 0 Å². The molecule has 0 unspecified atom stereocenters. The van der Waals surface area contributed by atoms with Gasteiger partial charge in [0.25, 0.3) is 0 Å². The zero-order chi connectivity index (χ0) is 15.3. The number of rotatable bonds is 5. The summed E-state index contributed by atoms with van der Waals surface area (Å²) in [7, 11) is 0. The number of nitrogens with zero attached hydrogens (tertiary/aromatic N) is 1. The van der Waals surface area contributed by atoms with Gasteiger partial charge in [-0.25, -0.2) is 0 Å². The molecule has 2 N–H and O–H groups in total. The first-order valence-electron chi connectivity index (χ1n) is 7.48. The van der Waals surface area contributed by atoms with Crippen LogP contribution in [0.15, 0.2) is 24.5 Å². The van der Waals surface area contributed by atoms with Crippen molar-refractivity contribution in [2.75, 3.05) is 0 Å². The quantitative estimate of drug-likeness (QED) is 0.812. The van der Waals surface area contributed by atoms with Crippen molar-refractivity contribution < 1.29 is 9.59 Å². The highest BCUT2D eigenvalue weighted by molar-refractivity contribution is 6.04. The van der Waals surface area contributed by atoms with Gasteiger partial charge in [-0.2, -0.15) is 0 Å². The van der Waals surface area contributed by atoms with E-state index >= 15 is 0 Å². The van der Waals surface area contributed by atoms with Crippen molar-refractivity contribution in [2.45, 2.75) is 52.1 Å². The molecule has 5 heteroatoms. The molecule has 2 amide bonds. The Bertz CT molecular complexity index is 494. The number of amides is 2. The molecule has 0 aliphatic heterocycles. The normalized spacial score (nSPS) is 15.7. The Hall–Kier alpha value is -1.91. The zero-order valence-electron chi connectivity index (χ0n) is 12.7. The van der Waals surface area contributed by atoms with E-state index in [1.165, 1.54) is 0 Å². The van der Waals surface area contributed by atoms with Crippen molar-refractivity contribution in [3.8, 4) is 0 Å². The summed E-state index contributed by atoms with van der Waals surface area (Å²) in [4.78, 5) is 28.5.